The number of carbonyl (C=O) groups excluding carboxylic acids is 1. The minimum absolute atomic E-state index is 0.107. The van der Waals surface area contributed by atoms with Crippen LogP contribution in [0.5, 0.6) is 5.75 Å². The number of amides is 1. The third-order valence-corrected chi connectivity index (χ3v) is 5.23. The van der Waals surface area contributed by atoms with Crippen LogP contribution in [0.3, 0.4) is 0 Å². The van der Waals surface area contributed by atoms with Crippen LogP contribution in [0, 0.1) is 6.92 Å². The van der Waals surface area contributed by atoms with Gasteiger partial charge in [0.25, 0.3) is 10.0 Å². The van der Waals surface area contributed by atoms with Crippen LogP contribution >= 0.6 is 0 Å². The minimum Gasteiger partial charge on any atom is -0.489 e. The van der Waals surface area contributed by atoms with Crippen LogP contribution in [-0.2, 0) is 14.8 Å². The van der Waals surface area contributed by atoms with Crippen molar-refractivity contribution in [1.29, 1.82) is 0 Å². The molecule has 8 heteroatoms. The molecule has 7 nitrogen and oxygen atoms in total. The smallest absolute Gasteiger partial charge is 0.262 e. The number of benzene rings is 1. The van der Waals surface area contributed by atoms with E-state index in [-0.39, 0.29) is 10.8 Å². The highest BCUT2D eigenvalue weighted by atomic mass is 32.2. The number of aryl methyl sites for hydroxylation is 1. The SMILES string of the molecule is CC(=O)N1CCOc2cc(S(=O)(=O)Nc3cccnc3)c(C)cc21. The maximum atomic E-state index is 12.6. The molecule has 0 atom stereocenters. The Morgan fingerprint density at radius 3 is 2.83 bits per heavy atom. The fourth-order valence-electron chi connectivity index (χ4n) is 2.60. The standard InChI is InChI=1S/C16H17N3O4S/c1-11-8-14-15(23-7-6-19(14)12(2)20)9-16(11)24(21,22)18-13-4-3-5-17-10-13/h3-5,8-10,18H,6-7H2,1-2H3. The van der Waals surface area contributed by atoms with E-state index >= 15 is 0 Å². The first kappa shape index (κ1) is 16.3. The fourth-order valence-corrected chi connectivity index (χ4v) is 3.88. The summed E-state index contributed by atoms with van der Waals surface area (Å²) in [4.78, 5) is 17.3. The number of nitrogens with zero attached hydrogens (tertiary/aromatic N) is 2. The van der Waals surface area contributed by atoms with Crippen LogP contribution in [0.2, 0.25) is 0 Å². The molecule has 2 heterocycles. The monoisotopic (exact) mass is 347 g/mol. The highest BCUT2D eigenvalue weighted by molar-refractivity contribution is 7.92. The van der Waals surface area contributed by atoms with E-state index < -0.39 is 10.0 Å². The largest absolute Gasteiger partial charge is 0.489 e. The van der Waals surface area contributed by atoms with E-state index in [1.165, 1.54) is 19.2 Å². The summed E-state index contributed by atoms with van der Waals surface area (Å²) in [6.07, 6.45) is 2.99. The predicted octanol–water partition coefficient (Wildman–Crippen LogP) is 1.94. The average Bonchev–Trinajstić information content (AvgIpc) is 2.54. The van der Waals surface area contributed by atoms with Crippen molar-refractivity contribution in [1.82, 2.24) is 4.98 Å². The number of fused-ring (bicyclic) bond motifs is 1. The van der Waals surface area contributed by atoms with Crippen LogP contribution in [-0.4, -0.2) is 32.5 Å². The summed E-state index contributed by atoms with van der Waals surface area (Å²) < 4.78 is 33.3. The Morgan fingerprint density at radius 1 is 1.38 bits per heavy atom. The molecule has 0 spiro atoms. The minimum atomic E-state index is -3.79. The summed E-state index contributed by atoms with van der Waals surface area (Å²) in [5, 5.41) is 0. The molecule has 126 valence electrons. The molecule has 0 fully saturated rings. The predicted molar refractivity (Wildman–Crippen MR) is 89.7 cm³/mol. The summed E-state index contributed by atoms with van der Waals surface area (Å²) in [5.74, 6) is 0.275. The van der Waals surface area contributed by atoms with Crippen molar-refractivity contribution in [3.63, 3.8) is 0 Å². The van der Waals surface area contributed by atoms with Crippen molar-refractivity contribution >= 4 is 27.3 Å². The van der Waals surface area contributed by atoms with Gasteiger partial charge in [0.05, 0.1) is 29.0 Å². The van der Waals surface area contributed by atoms with Gasteiger partial charge < -0.3 is 9.64 Å². The van der Waals surface area contributed by atoms with E-state index in [0.717, 1.165) is 0 Å². The van der Waals surface area contributed by atoms with Gasteiger partial charge in [0.1, 0.15) is 12.4 Å². The number of hydrogen-bond acceptors (Lipinski definition) is 5. The average molecular weight is 347 g/mol. The zero-order valence-electron chi connectivity index (χ0n) is 13.3. The first-order valence-corrected chi connectivity index (χ1v) is 8.85. The topological polar surface area (TPSA) is 88.6 Å². The molecule has 2 aromatic rings. The molecule has 0 aliphatic carbocycles. The van der Waals surface area contributed by atoms with Crippen molar-refractivity contribution in [2.75, 3.05) is 22.8 Å². The molecule has 1 aliphatic heterocycles. The van der Waals surface area contributed by atoms with Gasteiger partial charge in [-0.15, -0.1) is 0 Å². The second-order valence-corrected chi connectivity index (χ2v) is 7.10. The molecule has 1 aromatic heterocycles. The number of nitrogens with one attached hydrogen (secondary N) is 1. The molecule has 0 saturated heterocycles. The fraction of sp³-hybridized carbons (Fsp3) is 0.250. The number of rotatable bonds is 3. The van der Waals surface area contributed by atoms with Crippen LogP contribution in [0.25, 0.3) is 0 Å². The first-order chi connectivity index (χ1) is 11.4. The van der Waals surface area contributed by atoms with Crippen molar-refractivity contribution in [2.45, 2.75) is 18.7 Å². The quantitative estimate of drug-likeness (QED) is 0.916. The number of anilines is 2. The number of ether oxygens (including phenoxy) is 1. The Kier molecular flexibility index (Phi) is 4.15. The lowest BCUT2D eigenvalue weighted by Crippen LogP contribution is -2.36. The van der Waals surface area contributed by atoms with Gasteiger partial charge in [-0.3, -0.25) is 14.5 Å². The van der Waals surface area contributed by atoms with Gasteiger partial charge in [0.2, 0.25) is 5.91 Å². The Labute approximate surface area is 140 Å². The summed E-state index contributed by atoms with van der Waals surface area (Å²) >= 11 is 0. The summed E-state index contributed by atoms with van der Waals surface area (Å²) in [7, 11) is -3.79. The highest BCUT2D eigenvalue weighted by Crippen LogP contribution is 2.36. The molecule has 1 amide bonds. The molecular formula is C16H17N3O4S. The highest BCUT2D eigenvalue weighted by Gasteiger charge is 2.26. The van der Waals surface area contributed by atoms with Gasteiger partial charge in [-0.1, -0.05) is 0 Å². The van der Waals surface area contributed by atoms with E-state index in [9.17, 15) is 13.2 Å². The molecule has 0 bridgehead atoms. The number of hydrogen-bond donors (Lipinski definition) is 1. The lowest BCUT2D eigenvalue weighted by molar-refractivity contribution is -0.116. The van der Waals surface area contributed by atoms with Gasteiger partial charge in [-0.05, 0) is 30.7 Å². The third kappa shape index (κ3) is 3.05. The molecule has 0 radical (unpaired) electrons. The van der Waals surface area contributed by atoms with Crippen LogP contribution < -0.4 is 14.4 Å². The van der Waals surface area contributed by atoms with Crippen molar-refractivity contribution in [3.8, 4) is 5.75 Å². The maximum Gasteiger partial charge on any atom is 0.262 e. The van der Waals surface area contributed by atoms with Gasteiger partial charge in [-0.2, -0.15) is 0 Å². The number of sulfonamides is 1. The van der Waals surface area contributed by atoms with Gasteiger partial charge >= 0.3 is 0 Å². The van der Waals surface area contributed by atoms with Gasteiger partial charge in [0, 0.05) is 19.2 Å². The van der Waals surface area contributed by atoms with Gasteiger partial charge in [0.15, 0.2) is 0 Å². The zero-order chi connectivity index (χ0) is 17.3. The maximum absolute atomic E-state index is 12.6. The molecule has 1 N–H and O–H groups in total. The molecule has 1 aromatic carbocycles. The number of aromatic nitrogens is 1. The Hall–Kier alpha value is -2.61. The Balaban J connectivity index is 2.02. The van der Waals surface area contributed by atoms with E-state index in [2.05, 4.69) is 9.71 Å². The van der Waals surface area contributed by atoms with E-state index in [4.69, 9.17) is 4.74 Å². The molecule has 3 rings (SSSR count). The van der Waals surface area contributed by atoms with E-state index in [1.54, 1.807) is 36.2 Å². The van der Waals surface area contributed by atoms with Crippen molar-refractivity contribution in [3.05, 3.63) is 42.2 Å². The number of pyridine rings is 1. The molecule has 1 aliphatic rings. The van der Waals surface area contributed by atoms with E-state index in [0.29, 0.717) is 35.8 Å². The second-order valence-electron chi connectivity index (χ2n) is 5.45. The van der Waals surface area contributed by atoms with E-state index in [1.807, 2.05) is 0 Å². The summed E-state index contributed by atoms with van der Waals surface area (Å²) in [5.41, 5.74) is 1.49. The normalized spacial score (nSPS) is 13.8. The molecule has 0 unspecified atom stereocenters. The molecule has 0 saturated carbocycles. The Bertz CT molecular complexity index is 882. The Morgan fingerprint density at radius 2 is 2.17 bits per heavy atom. The summed E-state index contributed by atoms with van der Waals surface area (Å²) in [6, 6.07) is 6.38. The van der Waals surface area contributed by atoms with Crippen LogP contribution in [0.4, 0.5) is 11.4 Å². The zero-order valence-corrected chi connectivity index (χ0v) is 14.1. The number of carbonyl (C=O) groups is 1. The second kappa shape index (κ2) is 6.12. The van der Waals surface area contributed by atoms with Crippen LogP contribution in [0.15, 0.2) is 41.6 Å². The summed E-state index contributed by atoms with van der Waals surface area (Å²) in [6.45, 7) is 3.93. The molecule has 24 heavy (non-hydrogen) atoms. The van der Waals surface area contributed by atoms with Crippen molar-refractivity contribution in [2.24, 2.45) is 0 Å². The first-order valence-electron chi connectivity index (χ1n) is 7.37. The lowest BCUT2D eigenvalue weighted by atomic mass is 10.1. The lowest BCUT2D eigenvalue weighted by Gasteiger charge is -2.29. The van der Waals surface area contributed by atoms with Crippen molar-refractivity contribution < 1.29 is 17.9 Å². The van der Waals surface area contributed by atoms with Crippen LogP contribution in [0.1, 0.15) is 12.5 Å². The molecular weight excluding hydrogens is 330 g/mol. The van der Waals surface area contributed by atoms with Gasteiger partial charge in [-0.25, -0.2) is 8.42 Å². The third-order valence-electron chi connectivity index (χ3n) is 3.70.